The van der Waals surface area contributed by atoms with Gasteiger partial charge in [0.25, 0.3) is 0 Å². The molecular weight excluding hydrogens is 350 g/mol. The van der Waals surface area contributed by atoms with Crippen LogP contribution in [0, 0.1) is 18.8 Å². The molecule has 1 N–H and O–H groups in total. The highest BCUT2D eigenvalue weighted by molar-refractivity contribution is 7.89. The summed E-state index contributed by atoms with van der Waals surface area (Å²) in [5.74, 6) is -0.316. The molecule has 26 heavy (non-hydrogen) atoms. The van der Waals surface area contributed by atoms with Crippen molar-refractivity contribution in [3.63, 3.8) is 0 Å². The van der Waals surface area contributed by atoms with Gasteiger partial charge in [0.2, 0.25) is 15.9 Å². The molecule has 1 aliphatic heterocycles. The Kier molecular flexibility index (Phi) is 6.94. The molecule has 6 nitrogen and oxygen atoms in total. The molecule has 2 rings (SSSR count). The summed E-state index contributed by atoms with van der Waals surface area (Å²) in [6.45, 7) is 8.62. The van der Waals surface area contributed by atoms with Crippen molar-refractivity contribution in [1.82, 2.24) is 9.73 Å². The molecule has 1 saturated heterocycles. The van der Waals surface area contributed by atoms with Gasteiger partial charge in [-0.1, -0.05) is 38.5 Å². The molecule has 1 atom stereocenters. The summed E-state index contributed by atoms with van der Waals surface area (Å²) in [5.41, 5.74) is 4.57. The summed E-state index contributed by atoms with van der Waals surface area (Å²) in [7, 11) is -3.58. The molecule has 0 aromatic heterocycles. The lowest BCUT2D eigenvalue weighted by atomic mass is 9.99. The van der Waals surface area contributed by atoms with Crippen LogP contribution < -0.4 is 5.43 Å². The Morgan fingerprint density at radius 3 is 2.54 bits per heavy atom. The number of hydrazone groups is 1. The molecule has 0 radical (unpaired) electrons. The number of carbonyl (C=O) groups is 1. The second-order valence-corrected chi connectivity index (χ2v) is 9.04. The van der Waals surface area contributed by atoms with Gasteiger partial charge in [0, 0.05) is 18.8 Å². The van der Waals surface area contributed by atoms with E-state index < -0.39 is 10.0 Å². The normalized spacial score (nSPS) is 19.6. The Hall–Kier alpha value is -1.73. The van der Waals surface area contributed by atoms with Crippen molar-refractivity contribution in [3.8, 4) is 0 Å². The van der Waals surface area contributed by atoms with Crippen LogP contribution in [0.3, 0.4) is 0 Å². The zero-order valence-electron chi connectivity index (χ0n) is 16.0. The number of nitrogens with zero attached hydrogens (tertiary/aromatic N) is 2. The third kappa shape index (κ3) is 4.92. The molecule has 144 valence electrons. The first-order chi connectivity index (χ1) is 12.3. The molecule has 0 aliphatic carbocycles. The van der Waals surface area contributed by atoms with Crippen molar-refractivity contribution >= 4 is 21.6 Å². The van der Waals surface area contributed by atoms with Gasteiger partial charge in [-0.05, 0) is 44.2 Å². The SMILES string of the molecule is CC/C(=N/NC(=O)[C@@H]1CCCN(S(=O)(=O)c2ccc(C)cc2)C1)C(C)C. The van der Waals surface area contributed by atoms with Crippen molar-refractivity contribution < 1.29 is 13.2 Å². The molecule has 1 aliphatic rings. The van der Waals surface area contributed by atoms with Crippen molar-refractivity contribution in [3.05, 3.63) is 29.8 Å². The molecule has 0 bridgehead atoms. The van der Waals surface area contributed by atoms with Crippen LogP contribution in [0.25, 0.3) is 0 Å². The summed E-state index contributed by atoms with van der Waals surface area (Å²) < 4.78 is 27.1. The van der Waals surface area contributed by atoms with E-state index in [0.29, 0.717) is 19.4 Å². The lowest BCUT2D eigenvalue weighted by Crippen LogP contribution is -2.44. The Morgan fingerprint density at radius 2 is 1.96 bits per heavy atom. The fourth-order valence-electron chi connectivity index (χ4n) is 3.07. The Bertz CT molecular complexity index is 755. The van der Waals surface area contributed by atoms with Crippen LogP contribution >= 0.6 is 0 Å². The Balaban J connectivity index is 2.08. The number of hydrogen-bond acceptors (Lipinski definition) is 4. The largest absolute Gasteiger partial charge is 0.273 e. The van der Waals surface area contributed by atoms with Crippen molar-refractivity contribution in [2.24, 2.45) is 16.9 Å². The molecule has 0 spiro atoms. The fraction of sp³-hybridized carbons (Fsp3) is 0.579. The molecule has 1 aromatic carbocycles. The van der Waals surface area contributed by atoms with Gasteiger partial charge in [0.05, 0.1) is 10.8 Å². The Morgan fingerprint density at radius 1 is 1.31 bits per heavy atom. The van der Waals surface area contributed by atoms with E-state index in [1.165, 1.54) is 4.31 Å². The summed E-state index contributed by atoms with van der Waals surface area (Å²) in [5, 5.41) is 4.22. The number of carbonyl (C=O) groups excluding carboxylic acids is 1. The summed E-state index contributed by atoms with van der Waals surface area (Å²) in [6.07, 6.45) is 2.11. The number of hydrogen-bond donors (Lipinski definition) is 1. The predicted octanol–water partition coefficient (Wildman–Crippen LogP) is 2.93. The van der Waals surface area contributed by atoms with E-state index >= 15 is 0 Å². The smallest absolute Gasteiger partial charge is 0.244 e. The van der Waals surface area contributed by atoms with E-state index in [9.17, 15) is 13.2 Å². The minimum absolute atomic E-state index is 0.195. The standard InChI is InChI=1S/C19H29N3O3S/c1-5-18(14(2)3)20-21-19(23)16-7-6-12-22(13-16)26(24,25)17-10-8-15(4)9-11-17/h8-11,14,16H,5-7,12-13H2,1-4H3,(H,21,23)/b20-18-/t16-/m1/s1. The highest BCUT2D eigenvalue weighted by atomic mass is 32.2. The number of nitrogens with one attached hydrogen (secondary N) is 1. The van der Waals surface area contributed by atoms with Gasteiger partial charge in [0.1, 0.15) is 0 Å². The first kappa shape index (κ1) is 20.6. The number of aryl methyl sites for hydroxylation is 1. The van der Waals surface area contributed by atoms with Crippen LogP contribution in [0.15, 0.2) is 34.3 Å². The maximum Gasteiger partial charge on any atom is 0.244 e. The Labute approximate surface area is 156 Å². The number of amides is 1. The van der Waals surface area contributed by atoms with E-state index in [0.717, 1.165) is 17.7 Å². The monoisotopic (exact) mass is 379 g/mol. The minimum Gasteiger partial charge on any atom is -0.273 e. The second-order valence-electron chi connectivity index (χ2n) is 7.10. The number of benzene rings is 1. The van der Waals surface area contributed by atoms with Crippen LogP contribution in [0.1, 0.15) is 45.6 Å². The van der Waals surface area contributed by atoms with Gasteiger partial charge in [-0.2, -0.15) is 9.41 Å². The van der Waals surface area contributed by atoms with Crippen molar-refractivity contribution in [1.29, 1.82) is 0 Å². The molecule has 7 heteroatoms. The molecule has 1 aromatic rings. The summed E-state index contributed by atoms with van der Waals surface area (Å²) >= 11 is 0. The average molecular weight is 380 g/mol. The number of piperidine rings is 1. The number of sulfonamides is 1. The van der Waals surface area contributed by atoms with Crippen LogP contribution in [0.2, 0.25) is 0 Å². The molecule has 1 amide bonds. The molecule has 0 unspecified atom stereocenters. The molecule has 1 fully saturated rings. The van der Waals surface area contributed by atoms with Gasteiger partial charge in [-0.15, -0.1) is 0 Å². The third-order valence-electron chi connectivity index (χ3n) is 4.75. The van der Waals surface area contributed by atoms with Crippen LogP contribution in [-0.4, -0.2) is 37.4 Å². The molecule has 0 saturated carbocycles. The quantitative estimate of drug-likeness (QED) is 0.610. The van der Waals surface area contributed by atoms with Gasteiger partial charge >= 0.3 is 0 Å². The lowest BCUT2D eigenvalue weighted by molar-refractivity contribution is -0.126. The summed E-state index contributed by atoms with van der Waals surface area (Å²) in [4.78, 5) is 12.7. The predicted molar refractivity (Wildman–Crippen MR) is 103 cm³/mol. The first-order valence-corrected chi connectivity index (χ1v) is 10.6. The fourth-order valence-corrected chi connectivity index (χ4v) is 4.59. The molecular formula is C19H29N3O3S. The zero-order chi connectivity index (χ0) is 19.3. The van der Waals surface area contributed by atoms with E-state index in [-0.39, 0.29) is 29.2 Å². The van der Waals surface area contributed by atoms with E-state index in [1.807, 2.05) is 27.7 Å². The van der Waals surface area contributed by atoms with Gasteiger partial charge < -0.3 is 0 Å². The highest BCUT2D eigenvalue weighted by Gasteiger charge is 2.33. The van der Waals surface area contributed by atoms with Crippen molar-refractivity contribution in [2.45, 2.75) is 51.9 Å². The maximum atomic E-state index is 12.8. The van der Waals surface area contributed by atoms with Crippen LogP contribution in [-0.2, 0) is 14.8 Å². The highest BCUT2D eigenvalue weighted by Crippen LogP contribution is 2.24. The maximum absolute atomic E-state index is 12.8. The van der Waals surface area contributed by atoms with Gasteiger partial charge in [-0.25, -0.2) is 13.8 Å². The van der Waals surface area contributed by atoms with Crippen LogP contribution in [0.4, 0.5) is 0 Å². The summed E-state index contributed by atoms with van der Waals surface area (Å²) in [6, 6.07) is 6.81. The van der Waals surface area contributed by atoms with Gasteiger partial charge in [0.15, 0.2) is 0 Å². The second kappa shape index (κ2) is 8.77. The molecule has 1 heterocycles. The third-order valence-corrected chi connectivity index (χ3v) is 6.63. The van der Waals surface area contributed by atoms with Gasteiger partial charge in [-0.3, -0.25) is 4.79 Å². The van der Waals surface area contributed by atoms with Crippen LogP contribution in [0.5, 0.6) is 0 Å². The van der Waals surface area contributed by atoms with E-state index in [1.54, 1.807) is 24.3 Å². The van der Waals surface area contributed by atoms with E-state index in [2.05, 4.69) is 10.5 Å². The minimum atomic E-state index is -3.58. The first-order valence-electron chi connectivity index (χ1n) is 9.18. The van der Waals surface area contributed by atoms with E-state index in [4.69, 9.17) is 0 Å². The zero-order valence-corrected chi connectivity index (χ0v) is 16.8. The topological polar surface area (TPSA) is 78.8 Å². The lowest BCUT2D eigenvalue weighted by Gasteiger charge is -2.30. The number of rotatable bonds is 6. The average Bonchev–Trinajstić information content (AvgIpc) is 2.62. The van der Waals surface area contributed by atoms with Crippen molar-refractivity contribution in [2.75, 3.05) is 13.1 Å².